The van der Waals surface area contributed by atoms with Gasteiger partial charge in [0.15, 0.2) is 5.69 Å². The second-order valence-electron chi connectivity index (χ2n) is 12.0. The van der Waals surface area contributed by atoms with Gasteiger partial charge >= 0.3 is 0 Å². The van der Waals surface area contributed by atoms with Crippen molar-refractivity contribution in [2.24, 2.45) is 29.6 Å². The monoisotopic (exact) mass is 428 g/mol. The number of aromatic nitrogens is 3. The maximum absolute atomic E-state index is 5.11. The molecule has 2 aromatic rings. The number of pyridine rings is 1. The molecule has 3 saturated carbocycles. The van der Waals surface area contributed by atoms with Gasteiger partial charge in [-0.2, -0.15) is 0 Å². The van der Waals surface area contributed by atoms with Crippen LogP contribution < -0.4 is 4.57 Å². The Morgan fingerprint density at radius 3 is 2.62 bits per heavy atom. The molecular weight excluding hydrogens is 390 g/mol. The lowest BCUT2D eigenvalue weighted by Gasteiger charge is -2.53. The summed E-state index contributed by atoms with van der Waals surface area (Å²) < 4.78 is 2.52. The van der Waals surface area contributed by atoms with Crippen LogP contribution in [0.25, 0.3) is 11.3 Å². The van der Waals surface area contributed by atoms with Crippen molar-refractivity contribution in [3.63, 3.8) is 0 Å². The van der Waals surface area contributed by atoms with E-state index in [1.54, 1.807) is 5.56 Å². The molecule has 2 aliphatic heterocycles. The topological polar surface area (TPSA) is 29.7 Å². The molecule has 3 aliphatic carbocycles. The van der Waals surface area contributed by atoms with E-state index in [0.717, 1.165) is 17.8 Å². The number of allylic oxidation sites excluding steroid dienone is 2. The third-order valence-electron chi connectivity index (χ3n) is 9.65. The van der Waals surface area contributed by atoms with Crippen LogP contribution in [0.2, 0.25) is 0 Å². The molecule has 0 amide bonds. The molecule has 0 saturated heterocycles. The Labute approximate surface area is 193 Å². The Kier molecular flexibility index (Phi) is 4.33. The predicted molar refractivity (Wildman–Crippen MR) is 128 cm³/mol. The molecule has 1 spiro atoms. The van der Waals surface area contributed by atoms with E-state index in [9.17, 15) is 0 Å². The number of nitrogens with zero attached hydrogens (tertiary/aromatic N) is 3. The number of hydrogen-bond donors (Lipinski definition) is 0. The highest BCUT2D eigenvalue weighted by atomic mass is 15.1. The van der Waals surface area contributed by atoms with Crippen molar-refractivity contribution >= 4 is 0 Å². The summed E-state index contributed by atoms with van der Waals surface area (Å²) in [4.78, 5) is 9.89. The third-order valence-corrected chi connectivity index (χ3v) is 9.65. The van der Waals surface area contributed by atoms with Crippen molar-refractivity contribution in [3.05, 3.63) is 53.8 Å². The average Bonchev–Trinajstić information content (AvgIpc) is 3.66. The Balaban J connectivity index is 1.48. The summed E-state index contributed by atoms with van der Waals surface area (Å²) in [6.45, 7) is 14.1. The van der Waals surface area contributed by atoms with Crippen LogP contribution in [0.3, 0.4) is 0 Å². The van der Waals surface area contributed by atoms with Crippen molar-refractivity contribution in [3.8, 4) is 11.3 Å². The molecule has 3 fully saturated rings. The number of rotatable bonds is 4. The first-order chi connectivity index (χ1) is 15.3. The van der Waals surface area contributed by atoms with Crippen LogP contribution in [0.15, 0.2) is 36.8 Å². The lowest BCUT2D eigenvalue weighted by molar-refractivity contribution is -0.747. The van der Waals surface area contributed by atoms with E-state index in [2.05, 4.69) is 76.7 Å². The Morgan fingerprint density at radius 2 is 1.94 bits per heavy atom. The highest BCUT2D eigenvalue weighted by molar-refractivity contribution is 5.68. The van der Waals surface area contributed by atoms with Crippen LogP contribution in [0.5, 0.6) is 0 Å². The van der Waals surface area contributed by atoms with Gasteiger partial charge < -0.3 is 0 Å². The predicted octanol–water partition coefficient (Wildman–Crippen LogP) is 6.11. The van der Waals surface area contributed by atoms with Crippen LogP contribution in [-0.4, -0.2) is 9.97 Å². The van der Waals surface area contributed by atoms with E-state index >= 15 is 0 Å². The first-order valence-electron chi connectivity index (χ1n) is 12.8. The van der Waals surface area contributed by atoms with Gasteiger partial charge in [-0.05, 0) is 74.3 Å². The molecule has 5 aliphatic rings. The Hall–Kier alpha value is -2.03. The van der Waals surface area contributed by atoms with Gasteiger partial charge in [-0.25, -0.2) is 4.57 Å². The van der Waals surface area contributed by atoms with Gasteiger partial charge in [0.05, 0.1) is 0 Å². The van der Waals surface area contributed by atoms with E-state index in [1.807, 2.05) is 6.20 Å². The molecule has 3 heteroatoms. The molecule has 7 rings (SSSR count). The molecule has 0 aromatic carbocycles. The highest BCUT2D eigenvalue weighted by Crippen LogP contribution is 2.68. The van der Waals surface area contributed by atoms with Gasteiger partial charge in [-0.15, -0.1) is 0 Å². The van der Waals surface area contributed by atoms with E-state index < -0.39 is 0 Å². The standard InChI is InChI=1S/C29H38N3/c1-7-8-20-13-21(20)15-28(5,6)24-14-23-25-19(4)30-12-9-22(25)29(10-11-29)26-17(2)27(18(26)3)32(23)16-31-24/h7-9,12,14,16-18,20-21,26-27H,10-11,13,15H2,1-6H3/q+1. The van der Waals surface area contributed by atoms with Crippen molar-refractivity contribution in [1.82, 2.24) is 9.97 Å². The summed E-state index contributed by atoms with van der Waals surface area (Å²) in [5, 5.41) is 0. The smallest absolute Gasteiger partial charge is 0.261 e. The molecule has 168 valence electrons. The average molecular weight is 429 g/mol. The van der Waals surface area contributed by atoms with E-state index in [-0.39, 0.29) is 5.41 Å². The Morgan fingerprint density at radius 1 is 1.19 bits per heavy atom. The van der Waals surface area contributed by atoms with Gasteiger partial charge in [0, 0.05) is 40.8 Å². The maximum atomic E-state index is 5.11. The minimum absolute atomic E-state index is 0.0753. The molecule has 32 heavy (non-hydrogen) atoms. The lowest BCUT2D eigenvalue weighted by Crippen LogP contribution is -2.63. The van der Waals surface area contributed by atoms with Crippen LogP contribution in [0, 0.1) is 36.5 Å². The maximum Gasteiger partial charge on any atom is 0.287 e. The molecule has 4 heterocycles. The number of hydrogen-bond acceptors (Lipinski definition) is 2. The minimum Gasteiger partial charge on any atom is -0.261 e. The van der Waals surface area contributed by atoms with Gasteiger partial charge in [0.2, 0.25) is 0 Å². The quantitative estimate of drug-likeness (QED) is 0.434. The zero-order chi connectivity index (χ0) is 22.4. The first-order valence-corrected chi connectivity index (χ1v) is 12.8. The molecule has 4 atom stereocenters. The molecule has 2 bridgehead atoms. The van der Waals surface area contributed by atoms with Crippen LogP contribution in [-0.2, 0) is 10.8 Å². The van der Waals surface area contributed by atoms with Crippen molar-refractivity contribution < 1.29 is 4.57 Å². The SMILES string of the molecule is CC=CC1CC1CC(C)(C)c1cc2[n+](cn1)C1C(C)C(C1C)C1(CC1)c1ccnc(C)c1-2. The summed E-state index contributed by atoms with van der Waals surface area (Å²) in [7, 11) is 0. The lowest BCUT2D eigenvalue weighted by atomic mass is 9.53. The number of aryl methyl sites for hydroxylation is 1. The Bertz CT molecular complexity index is 1100. The minimum atomic E-state index is 0.0753. The van der Waals surface area contributed by atoms with Gasteiger partial charge in [-0.1, -0.05) is 44.8 Å². The summed E-state index contributed by atoms with van der Waals surface area (Å²) in [5.41, 5.74) is 7.19. The van der Waals surface area contributed by atoms with Gasteiger partial charge in [-0.3, -0.25) is 4.98 Å². The van der Waals surface area contributed by atoms with Crippen LogP contribution in [0.4, 0.5) is 0 Å². The first kappa shape index (κ1) is 20.6. The summed E-state index contributed by atoms with van der Waals surface area (Å²) in [6, 6.07) is 5.33. The van der Waals surface area contributed by atoms with Crippen LogP contribution >= 0.6 is 0 Å². The zero-order valence-corrected chi connectivity index (χ0v) is 20.6. The fourth-order valence-electron chi connectivity index (χ4n) is 7.96. The fraction of sp³-hybridized carbons (Fsp3) is 0.621. The van der Waals surface area contributed by atoms with Crippen molar-refractivity contribution in [2.75, 3.05) is 0 Å². The summed E-state index contributed by atoms with van der Waals surface area (Å²) in [6.07, 6.45) is 14.1. The highest BCUT2D eigenvalue weighted by Gasteiger charge is 2.65. The van der Waals surface area contributed by atoms with Crippen molar-refractivity contribution in [1.29, 1.82) is 0 Å². The van der Waals surface area contributed by atoms with Gasteiger partial charge in [0.25, 0.3) is 6.33 Å². The second-order valence-corrected chi connectivity index (χ2v) is 12.0. The molecule has 4 unspecified atom stereocenters. The molecular formula is C29H38N3+. The molecule has 2 aromatic heterocycles. The molecule has 0 N–H and O–H groups in total. The second kappa shape index (κ2) is 6.74. The van der Waals surface area contributed by atoms with E-state index in [0.29, 0.717) is 23.3 Å². The fourth-order valence-corrected chi connectivity index (χ4v) is 7.96. The largest absolute Gasteiger partial charge is 0.287 e. The molecule has 3 nitrogen and oxygen atoms in total. The van der Waals surface area contributed by atoms with Crippen LogP contribution in [0.1, 0.15) is 83.3 Å². The molecule has 0 radical (unpaired) electrons. The van der Waals surface area contributed by atoms with E-state index in [4.69, 9.17) is 9.97 Å². The zero-order valence-electron chi connectivity index (χ0n) is 20.6. The summed E-state index contributed by atoms with van der Waals surface area (Å²) in [5.74, 6) is 3.76. The third kappa shape index (κ3) is 2.75. The van der Waals surface area contributed by atoms with E-state index in [1.165, 1.54) is 48.3 Å². The summed E-state index contributed by atoms with van der Waals surface area (Å²) >= 11 is 0. The van der Waals surface area contributed by atoms with Crippen molar-refractivity contribution in [2.45, 2.75) is 84.1 Å². The van der Waals surface area contributed by atoms with Gasteiger partial charge in [0.1, 0.15) is 11.7 Å². The normalized spacial score (nSPS) is 33.8.